The van der Waals surface area contributed by atoms with E-state index in [0.717, 1.165) is 19.1 Å². The van der Waals surface area contributed by atoms with Gasteiger partial charge in [0, 0.05) is 12.6 Å². The van der Waals surface area contributed by atoms with Gasteiger partial charge in [0.1, 0.15) is 0 Å². The van der Waals surface area contributed by atoms with Gasteiger partial charge in [0.05, 0.1) is 12.8 Å². The van der Waals surface area contributed by atoms with E-state index < -0.39 is 10.0 Å². The summed E-state index contributed by atoms with van der Waals surface area (Å²) in [5.74, 6) is 0.391. The lowest BCUT2D eigenvalue weighted by molar-refractivity contribution is 0.588. The fourth-order valence-corrected chi connectivity index (χ4v) is 1.35. The molecular weight excluding hydrogens is 331 g/mol. The zero-order valence-electron chi connectivity index (χ0n) is 8.56. The number of aliphatic imine (C=N–C) groups is 1. The van der Waals surface area contributed by atoms with E-state index >= 15 is 0 Å². The maximum Gasteiger partial charge on any atom is 0.208 e. The second-order valence-electron chi connectivity index (χ2n) is 3.35. The van der Waals surface area contributed by atoms with E-state index in [2.05, 4.69) is 15.0 Å². The molecule has 1 saturated carbocycles. The summed E-state index contributed by atoms with van der Waals surface area (Å²) in [6.07, 6.45) is 3.39. The summed E-state index contributed by atoms with van der Waals surface area (Å²) in [6, 6.07) is 0.474. The molecule has 0 heterocycles. The number of hydrogen-bond donors (Lipinski definition) is 3. The molecule has 8 heteroatoms. The van der Waals surface area contributed by atoms with Crippen LogP contribution in [0.3, 0.4) is 0 Å². The van der Waals surface area contributed by atoms with Crippen molar-refractivity contribution in [2.24, 2.45) is 10.7 Å². The first-order valence-corrected chi connectivity index (χ1v) is 6.37. The van der Waals surface area contributed by atoms with Crippen molar-refractivity contribution >= 4 is 40.0 Å². The Hall–Kier alpha value is -0.0900. The van der Waals surface area contributed by atoms with E-state index in [9.17, 15) is 8.42 Å². The molecule has 1 aliphatic carbocycles. The second kappa shape index (κ2) is 6.48. The number of nitrogens with one attached hydrogen (secondary N) is 2. The molecule has 0 aromatic carbocycles. The highest BCUT2D eigenvalue weighted by molar-refractivity contribution is 14.0. The lowest BCUT2D eigenvalue weighted by Crippen LogP contribution is -2.34. The van der Waals surface area contributed by atoms with Gasteiger partial charge in [0.25, 0.3) is 0 Å². The van der Waals surface area contributed by atoms with Crippen molar-refractivity contribution in [1.82, 2.24) is 10.0 Å². The predicted octanol–water partition coefficient (Wildman–Crippen LogP) is -0.780. The number of nitrogens with two attached hydrogens (primary N) is 1. The molecule has 1 aliphatic rings. The van der Waals surface area contributed by atoms with E-state index in [4.69, 9.17) is 5.73 Å². The van der Waals surface area contributed by atoms with E-state index in [-0.39, 0.29) is 30.5 Å². The first-order valence-electron chi connectivity index (χ1n) is 4.48. The smallest absolute Gasteiger partial charge is 0.208 e. The third-order valence-electron chi connectivity index (χ3n) is 1.69. The largest absolute Gasteiger partial charge is 0.370 e. The highest BCUT2D eigenvalue weighted by Gasteiger charge is 2.21. The molecule has 0 saturated heterocycles. The predicted molar refractivity (Wildman–Crippen MR) is 70.9 cm³/mol. The number of hydrogen-bond acceptors (Lipinski definition) is 3. The summed E-state index contributed by atoms with van der Waals surface area (Å²) in [4.78, 5) is 3.96. The van der Waals surface area contributed by atoms with Gasteiger partial charge in [-0.3, -0.25) is 4.99 Å². The van der Waals surface area contributed by atoms with E-state index in [1.807, 2.05) is 0 Å². The van der Waals surface area contributed by atoms with E-state index in [1.54, 1.807) is 0 Å². The van der Waals surface area contributed by atoms with Crippen LogP contribution in [-0.2, 0) is 10.0 Å². The lowest BCUT2D eigenvalue weighted by atomic mass is 10.6. The molecule has 0 aromatic rings. The van der Waals surface area contributed by atoms with E-state index in [0.29, 0.717) is 18.5 Å². The summed E-state index contributed by atoms with van der Waals surface area (Å²) in [5, 5.41) is 3.00. The zero-order chi connectivity index (χ0) is 10.6. The standard InChI is InChI=1S/C7H16N4O2S.HI/c1-14(12,13)10-5-4-9-7(8)11-6-2-3-6;/h6,10H,2-5H2,1H3,(H3,8,9,11);1H. The van der Waals surface area contributed by atoms with Gasteiger partial charge in [-0.25, -0.2) is 13.1 Å². The van der Waals surface area contributed by atoms with Crippen molar-refractivity contribution < 1.29 is 8.42 Å². The fourth-order valence-electron chi connectivity index (χ4n) is 0.890. The summed E-state index contributed by atoms with van der Waals surface area (Å²) in [7, 11) is -3.11. The first-order chi connectivity index (χ1) is 6.47. The van der Waals surface area contributed by atoms with Gasteiger partial charge in [-0.05, 0) is 12.8 Å². The molecule has 15 heavy (non-hydrogen) atoms. The Kier molecular flexibility index (Phi) is 6.44. The summed E-state index contributed by atoms with van der Waals surface area (Å²) < 4.78 is 23.6. The van der Waals surface area contributed by atoms with Crippen molar-refractivity contribution in [3.05, 3.63) is 0 Å². The molecular formula is C7H17IN4O2S. The average Bonchev–Trinajstić information content (AvgIpc) is 2.80. The maximum absolute atomic E-state index is 10.7. The Morgan fingerprint density at radius 2 is 2.13 bits per heavy atom. The molecule has 0 radical (unpaired) electrons. The Balaban J connectivity index is 0.00000196. The average molecular weight is 348 g/mol. The van der Waals surface area contributed by atoms with Gasteiger partial charge in [-0.15, -0.1) is 24.0 Å². The molecule has 1 rings (SSSR count). The van der Waals surface area contributed by atoms with Crippen molar-refractivity contribution in [2.45, 2.75) is 18.9 Å². The molecule has 0 bridgehead atoms. The Morgan fingerprint density at radius 1 is 1.53 bits per heavy atom. The summed E-state index contributed by atoms with van der Waals surface area (Å²) >= 11 is 0. The number of halogens is 1. The van der Waals surface area contributed by atoms with Gasteiger partial charge in [-0.2, -0.15) is 0 Å². The fraction of sp³-hybridized carbons (Fsp3) is 0.857. The molecule has 0 unspecified atom stereocenters. The number of rotatable bonds is 5. The minimum Gasteiger partial charge on any atom is -0.370 e. The SMILES string of the molecule is CS(=O)(=O)NCCN=C(N)NC1CC1.I. The normalized spacial score (nSPS) is 17.0. The summed E-state index contributed by atoms with van der Waals surface area (Å²) in [6.45, 7) is 0.643. The van der Waals surface area contributed by atoms with Crippen molar-refractivity contribution in [3.63, 3.8) is 0 Å². The van der Waals surface area contributed by atoms with Crippen LogP contribution in [-0.4, -0.2) is 39.8 Å². The van der Waals surface area contributed by atoms with Gasteiger partial charge in [0.15, 0.2) is 5.96 Å². The molecule has 6 nitrogen and oxygen atoms in total. The van der Waals surface area contributed by atoms with Crippen LogP contribution >= 0.6 is 24.0 Å². The maximum atomic E-state index is 10.7. The Morgan fingerprint density at radius 3 is 2.60 bits per heavy atom. The van der Waals surface area contributed by atoms with Gasteiger partial charge >= 0.3 is 0 Å². The molecule has 4 N–H and O–H groups in total. The van der Waals surface area contributed by atoms with Crippen LogP contribution in [0.5, 0.6) is 0 Å². The molecule has 0 spiro atoms. The third kappa shape index (κ3) is 8.88. The third-order valence-corrected chi connectivity index (χ3v) is 2.42. The van der Waals surface area contributed by atoms with Crippen LogP contribution < -0.4 is 15.8 Å². The van der Waals surface area contributed by atoms with Crippen molar-refractivity contribution in [3.8, 4) is 0 Å². The van der Waals surface area contributed by atoms with Crippen LogP contribution in [0.1, 0.15) is 12.8 Å². The van der Waals surface area contributed by atoms with Gasteiger partial charge in [0.2, 0.25) is 10.0 Å². The lowest BCUT2D eigenvalue weighted by Gasteiger charge is -2.03. The minimum absolute atomic E-state index is 0. The molecule has 0 aliphatic heterocycles. The summed E-state index contributed by atoms with van der Waals surface area (Å²) in [5.41, 5.74) is 5.53. The minimum atomic E-state index is -3.11. The van der Waals surface area contributed by atoms with Crippen LogP contribution in [0.25, 0.3) is 0 Å². The topological polar surface area (TPSA) is 96.6 Å². The van der Waals surface area contributed by atoms with E-state index in [1.165, 1.54) is 0 Å². The highest BCUT2D eigenvalue weighted by Crippen LogP contribution is 2.17. The quantitative estimate of drug-likeness (QED) is 0.263. The van der Waals surface area contributed by atoms with Gasteiger partial charge < -0.3 is 11.1 Å². The first kappa shape index (κ1) is 14.9. The van der Waals surface area contributed by atoms with Crippen LogP contribution in [0.15, 0.2) is 4.99 Å². The number of guanidine groups is 1. The van der Waals surface area contributed by atoms with Crippen LogP contribution in [0.2, 0.25) is 0 Å². The Labute approximate surface area is 107 Å². The zero-order valence-corrected chi connectivity index (χ0v) is 11.7. The van der Waals surface area contributed by atoms with Crippen molar-refractivity contribution in [1.29, 1.82) is 0 Å². The van der Waals surface area contributed by atoms with Crippen LogP contribution in [0.4, 0.5) is 0 Å². The van der Waals surface area contributed by atoms with Crippen molar-refractivity contribution in [2.75, 3.05) is 19.3 Å². The molecule has 1 fully saturated rings. The van der Waals surface area contributed by atoms with Gasteiger partial charge in [-0.1, -0.05) is 0 Å². The number of nitrogens with zero attached hydrogens (tertiary/aromatic N) is 1. The Bertz CT molecular complexity index is 313. The molecule has 0 amide bonds. The second-order valence-corrected chi connectivity index (χ2v) is 5.19. The number of sulfonamides is 1. The monoisotopic (exact) mass is 348 g/mol. The molecule has 90 valence electrons. The van der Waals surface area contributed by atoms with Crippen LogP contribution in [0, 0.1) is 0 Å². The highest BCUT2D eigenvalue weighted by atomic mass is 127. The molecule has 0 aromatic heterocycles. The molecule has 0 atom stereocenters.